The van der Waals surface area contributed by atoms with Crippen molar-refractivity contribution in [2.45, 2.75) is 20.0 Å². The van der Waals surface area contributed by atoms with Crippen LogP contribution in [0, 0.1) is 5.41 Å². The van der Waals surface area contributed by atoms with E-state index in [4.69, 9.17) is 10.2 Å². The molecule has 0 saturated carbocycles. The predicted molar refractivity (Wildman–Crippen MR) is 54.5 cm³/mol. The Balaban J connectivity index is 2.99. The van der Waals surface area contributed by atoms with Gasteiger partial charge in [-0.05, 0) is 31.5 Å². The molecule has 1 atom stereocenters. The first-order chi connectivity index (χ1) is 6.85. The van der Waals surface area contributed by atoms with Gasteiger partial charge in [0.15, 0.2) is 0 Å². The minimum atomic E-state index is -1.25. The quantitative estimate of drug-likeness (QED) is 0.707. The Hall–Kier alpha value is -1.55. The highest BCUT2D eigenvalue weighted by atomic mass is 16.4. The van der Waals surface area contributed by atoms with Gasteiger partial charge in [0.05, 0.1) is 11.5 Å². The summed E-state index contributed by atoms with van der Waals surface area (Å²) in [5.74, 6) is -0.984. The second-order valence-electron chi connectivity index (χ2n) is 4.02. The monoisotopic (exact) mass is 210 g/mol. The molecule has 0 amide bonds. The number of carboxylic acid groups (broad SMARTS) is 1. The van der Waals surface area contributed by atoms with E-state index in [9.17, 15) is 9.90 Å². The Morgan fingerprint density at radius 3 is 2.13 bits per heavy atom. The lowest BCUT2D eigenvalue weighted by Gasteiger charge is -2.26. The van der Waals surface area contributed by atoms with Crippen LogP contribution in [0.25, 0.3) is 0 Å². The average molecular weight is 210 g/mol. The molecule has 0 bridgehead atoms. The number of phenolic OH excluding ortho intramolecular Hbond substituents is 1. The van der Waals surface area contributed by atoms with Crippen molar-refractivity contribution in [2.75, 3.05) is 0 Å². The highest BCUT2D eigenvalue weighted by Crippen LogP contribution is 2.33. The highest BCUT2D eigenvalue weighted by molar-refractivity contribution is 5.74. The van der Waals surface area contributed by atoms with E-state index in [0.29, 0.717) is 5.56 Å². The van der Waals surface area contributed by atoms with Gasteiger partial charge in [-0.25, -0.2) is 0 Å². The van der Waals surface area contributed by atoms with Gasteiger partial charge in [-0.2, -0.15) is 0 Å². The molecule has 0 aromatic heterocycles. The summed E-state index contributed by atoms with van der Waals surface area (Å²) in [6.07, 6.45) is -1.10. The van der Waals surface area contributed by atoms with Crippen LogP contribution in [0.1, 0.15) is 25.5 Å². The third-order valence-corrected chi connectivity index (χ3v) is 2.44. The van der Waals surface area contributed by atoms with E-state index in [1.807, 2.05) is 0 Å². The number of hydrogen-bond acceptors (Lipinski definition) is 3. The number of carboxylic acids is 1. The van der Waals surface area contributed by atoms with Gasteiger partial charge in [-0.1, -0.05) is 12.1 Å². The van der Waals surface area contributed by atoms with Crippen LogP contribution in [0.4, 0.5) is 0 Å². The molecular weight excluding hydrogens is 196 g/mol. The Morgan fingerprint density at radius 1 is 1.27 bits per heavy atom. The molecule has 0 spiro atoms. The summed E-state index contributed by atoms with van der Waals surface area (Å²) in [4.78, 5) is 10.9. The standard InChI is InChI=1S/C11H14O4/c1-11(2,10(14)15)9(13)7-3-5-8(12)6-4-7/h3-6,9,12-13H,1-2H3,(H,14,15). The fourth-order valence-corrected chi connectivity index (χ4v) is 1.19. The second-order valence-corrected chi connectivity index (χ2v) is 4.02. The van der Waals surface area contributed by atoms with E-state index in [0.717, 1.165) is 0 Å². The van der Waals surface area contributed by atoms with Crippen LogP contribution in [0.2, 0.25) is 0 Å². The number of aliphatic hydroxyl groups is 1. The van der Waals surface area contributed by atoms with Crippen molar-refractivity contribution < 1.29 is 20.1 Å². The third kappa shape index (κ3) is 2.27. The van der Waals surface area contributed by atoms with Crippen molar-refractivity contribution in [1.82, 2.24) is 0 Å². The largest absolute Gasteiger partial charge is 0.508 e. The Kier molecular flexibility index (Phi) is 3.00. The maximum Gasteiger partial charge on any atom is 0.312 e. The summed E-state index contributed by atoms with van der Waals surface area (Å²) in [5.41, 5.74) is -0.781. The van der Waals surface area contributed by atoms with E-state index in [1.54, 1.807) is 0 Å². The number of hydrogen-bond donors (Lipinski definition) is 3. The molecule has 1 aromatic rings. The van der Waals surface area contributed by atoms with E-state index < -0.39 is 17.5 Å². The topological polar surface area (TPSA) is 77.8 Å². The molecule has 0 fully saturated rings. The molecule has 1 rings (SSSR count). The van der Waals surface area contributed by atoms with E-state index in [2.05, 4.69) is 0 Å². The number of phenols is 1. The molecule has 0 radical (unpaired) electrons. The molecule has 0 saturated heterocycles. The van der Waals surface area contributed by atoms with Crippen molar-refractivity contribution >= 4 is 5.97 Å². The van der Waals surface area contributed by atoms with Crippen LogP contribution >= 0.6 is 0 Å². The molecule has 4 nitrogen and oxygen atoms in total. The predicted octanol–water partition coefficient (Wildman–Crippen LogP) is 1.54. The Bertz CT molecular complexity index is 353. The molecular formula is C11H14O4. The van der Waals surface area contributed by atoms with E-state index in [1.165, 1.54) is 38.1 Å². The van der Waals surface area contributed by atoms with Gasteiger partial charge < -0.3 is 15.3 Å². The molecule has 0 heterocycles. The fourth-order valence-electron chi connectivity index (χ4n) is 1.19. The van der Waals surface area contributed by atoms with Crippen molar-refractivity contribution in [3.05, 3.63) is 29.8 Å². The first-order valence-corrected chi connectivity index (χ1v) is 4.56. The lowest BCUT2D eigenvalue weighted by molar-refractivity contribution is -0.153. The zero-order valence-corrected chi connectivity index (χ0v) is 8.64. The smallest absolute Gasteiger partial charge is 0.312 e. The number of carbonyl (C=O) groups is 1. The summed E-state index contributed by atoms with van der Waals surface area (Å²) >= 11 is 0. The number of aliphatic carboxylic acids is 1. The van der Waals surface area contributed by atoms with Crippen molar-refractivity contribution in [2.24, 2.45) is 5.41 Å². The SMILES string of the molecule is CC(C)(C(=O)O)C(O)c1ccc(O)cc1. The third-order valence-electron chi connectivity index (χ3n) is 2.44. The first-order valence-electron chi connectivity index (χ1n) is 4.56. The molecule has 82 valence electrons. The fraction of sp³-hybridized carbons (Fsp3) is 0.364. The lowest BCUT2D eigenvalue weighted by Crippen LogP contribution is -2.31. The van der Waals surface area contributed by atoms with Crippen molar-refractivity contribution in [3.63, 3.8) is 0 Å². The van der Waals surface area contributed by atoms with Crippen LogP contribution in [0.15, 0.2) is 24.3 Å². The van der Waals surface area contributed by atoms with Crippen LogP contribution < -0.4 is 0 Å². The highest BCUT2D eigenvalue weighted by Gasteiger charge is 2.36. The van der Waals surface area contributed by atoms with Crippen LogP contribution in [0.3, 0.4) is 0 Å². The van der Waals surface area contributed by atoms with Gasteiger partial charge in [0.1, 0.15) is 5.75 Å². The van der Waals surface area contributed by atoms with Gasteiger partial charge >= 0.3 is 5.97 Å². The molecule has 1 unspecified atom stereocenters. The first kappa shape index (κ1) is 11.5. The van der Waals surface area contributed by atoms with Crippen LogP contribution in [0.5, 0.6) is 5.75 Å². The molecule has 4 heteroatoms. The Labute approximate surface area is 87.8 Å². The van der Waals surface area contributed by atoms with Gasteiger partial charge in [-0.3, -0.25) is 4.79 Å². The maximum absolute atomic E-state index is 10.9. The second kappa shape index (κ2) is 3.90. The summed E-state index contributed by atoms with van der Waals surface area (Å²) in [5, 5.41) is 27.8. The maximum atomic E-state index is 10.9. The van der Waals surface area contributed by atoms with E-state index >= 15 is 0 Å². The number of benzene rings is 1. The van der Waals surface area contributed by atoms with Crippen LogP contribution in [-0.2, 0) is 4.79 Å². The van der Waals surface area contributed by atoms with Gasteiger partial charge in [0, 0.05) is 0 Å². The number of aliphatic hydroxyl groups excluding tert-OH is 1. The molecule has 1 aromatic carbocycles. The van der Waals surface area contributed by atoms with Crippen molar-refractivity contribution in [3.8, 4) is 5.75 Å². The molecule has 0 aliphatic heterocycles. The van der Waals surface area contributed by atoms with E-state index in [-0.39, 0.29) is 5.75 Å². The minimum Gasteiger partial charge on any atom is -0.508 e. The normalized spacial score (nSPS) is 13.5. The van der Waals surface area contributed by atoms with Gasteiger partial charge in [-0.15, -0.1) is 0 Å². The minimum absolute atomic E-state index is 0.0825. The summed E-state index contributed by atoms with van der Waals surface area (Å²) in [6, 6.07) is 5.84. The summed E-state index contributed by atoms with van der Waals surface area (Å²) < 4.78 is 0. The number of rotatable bonds is 3. The molecule has 3 N–H and O–H groups in total. The summed E-state index contributed by atoms with van der Waals surface area (Å²) in [6.45, 7) is 2.90. The molecule has 15 heavy (non-hydrogen) atoms. The lowest BCUT2D eigenvalue weighted by atomic mass is 9.83. The van der Waals surface area contributed by atoms with Gasteiger partial charge in [0.25, 0.3) is 0 Å². The number of aromatic hydroxyl groups is 1. The zero-order valence-electron chi connectivity index (χ0n) is 8.64. The Morgan fingerprint density at radius 2 is 1.73 bits per heavy atom. The molecule has 0 aliphatic rings. The average Bonchev–Trinajstić information content (AvgIpc) is 2.17. The summed E-state index contributed by atoms with van der Waals surface area (Å²) in [7, 11) is 0. The van der Waals surface area contributed by atoms with Crippen molar-refractivity contribution in [1.29, 1.82) is 0 Å². The molecule has 0 aliphatic carbocycles. The zero-order chi connectivity index (χ0) is 11.6. The van der Waals surface area contributed by atoms with Gasteiger partial charge in [0.2, 0.25) is 0 Å². The van der Waals surface area contributed by atoms with Crippen LogP contribution in [-0.4, -0.2) is 21.3 Å².